The molecule has 0 saturated carbocycles. The van der Waals surface area contributed by atoms with Gasteiger partial charge in [0.05, 0.1) is 5.60 Å². The quantitative estimate of drug-likeness (QED) is 0.743. The molecule has 0 spiro atoms. The molecule has 0 unspecified atom stereocenters. The van der Waals surface area contributed by atoms with Gasteiger partial charge in [-0.1, -0.05) is 12.1 Å². The zero-order valence-electron chi connectivity index (χ0n) is 10.4. The van der Waals surface area contributed by atoms with Crippen LogP contribution in [0.2, 0.25) is 0 Å². The van der Waals surface area contributed by atoms with E-state index in [4.69, 9.17) is 0 Å². The van der Waals surface area contributed by atoms with Crippen LogP contribution in [0.15, 0.2) is 24.3 Å². The summed E-state index contributed by atoms with van der Waals surface area (Å²) in [6, 6.07) is 7.00. The second kappa shape index (κ2) is 4.42. The Hall–Kier alpha value is -1.88. The number of hydrogen-bond donors (Lipinski definition) is 2. The number of piperazine rings is 1. The second-order valence-electron chi connectivity index (χ2n) is 4.82. The third-order valence-corrected chi connectivity index (χ3v) is 2.95. The molecule has 0 atom stereocenters. The van der Waals surface area contributed by atoms with Crippen LogP contribution < -0.4 is 10.2 Å². The molecule has 1 aromatic rings. The number of aliphatic hydroxyl groups is 1. The van der Waals surface area contributed by atoms with Crippen molar-refractivity contribution in [2.75, 3.05) is 18.0 Å². The van der Waals surface area contributed by atoms with Gasteiger partial charge in [0.2, 0.25) is 0 Å². The third kappa shape index (κ3) is 2.36. The van der Waals surface area contributed by atoms with Crippen LogP contribution in [0, 0.1) is 0 Å². The fraction of sp³-hybridized carbons (Fsp3) is 0.385. The summed E-state index contributed by atoms with van der Waals surface area (Å²) in [6.07, 6.45) is 0. The van der Waals surface area contributed by atoms with E-state index in [1.54, 1.807) is 38.1 Å². The molecule has 5 heteroatoms. The maximum atomic E-state index is 11.7. The molecule has 0 bridgehead atoms. The van der Waals surface area contributed by atoms with Crippen LogP contribution in [0.25, 0.3) is 0 Å². The lowest BCUT2D eigenvalue weighted by molar-refractivity contribution is -0.138. The molecule has 5 nitrogen and oxygen atoms in total. The van der Waals surface area contributed by atoms with Gasteiger partial charge >= 0.3 is 11.8 Å². The summed E-state index contributed by atoms with van der Waals surface area (Å²) < 4.78 is 0. The van der Waals surface area contributed by atoms with Crippen LogP contribution in [-0.2, 0) is 15.2 Å². The first-order valence-corrected chi connectivity index (χ1v) is 5.82. The maximum Gasteiger partial charge on any atom is 0.316 e. The molecule has 1 aromatic carbocycles. The minimum absolute atomic E-state index is 0.456. The first-order valence-electron chi connectivity index (χ1n) is 5.82. The molecule has 18 heavy (non-hydrogen) atoms. The molecule has 0 radical (unpaired) electrons. The molecule has 0 aromatic heterocycles. The van der Waals surface area contributed by atoms with Crippen LogP contribution in [0.5, 0.6) is 0 Å². The number of nitrogens with one attached hydrogen (secondary N) is 1. The largest absolute Gasteiger partial charge is 0.386 e. The summed E-state index contributed by atoms with van der Waals surface area (Å²) >= 11 is 0. The van der Waals surface area contributed by atoms with Crippen LogP contribution >= 0.6 is 0 Å². The highest BCUT2D eigenvalue weighted by atomic mass is 16.3. The van der Waals surface area contributed by atoms with Crippen molar-refractivity contribution in [3.63, 3.8) is 0 Å². The van der Waals surface area contributed by atoms with E-state index in [0.29, 0.717) is 18.8 Å². The zero-order valence-corrected chi connectivity index (χ0v) is 10.4. The molecule has 2 amide bonds. The third-order valence-electron chi connectivity index (χ3n) is 2.95. The van der Waals surface area contributed by atoms with Crippen molar-refractivity contribution in [1.82, 2.24) is 5.32 Å². The molecule has 96 valence electrons. The van der Waals surface area contributed by atoms with E-state index in [1.807, 2.05) is 0 Å². The lowest BCUT2D eigenvalue weighted by Gasteiger charge is -2.27. The fourth-order valence-electron chi connectivity index (χ4n) is 1.88. The van der Waals surface area contributed by atoms with Crippen molar-refractivity contribution in [1.29, 1.82) is 0 Å². The van der Waals surface area contributed by atoms with Crippen molar-refractivity contribution in [2.45, 2.75) is 19.4 Å². The molecular formula is C13H16N2O3. The summed E-state index contributed by atoms with van der Waals surface area (Å²) in [5.41, 5.74) is 0.518. The predicted molar refractivity (Wildman–Crippen MR) is 67.0 cm³/mol. The summed E-state index contributed by atoms with van der Waals surface area (Å²) in [7, 11) is 0. The number of benzene rings is 1. The number of anilines is 1. The van der Waals surface area contributed by atoms with Gasteiger partial charge in [0.1, 0.15) is 0 Å². The van der Waals surface area contributed by atoms with Gasteiger partial charge in [0.25, 0.3) is 0 Å². The number of nitrogens with zero attached hydrogens (tertiary/aromatic N) is 1. The Balaban J connectivity index is 2.24. The van der Waals surface area contributed by atoms with Gasteiger partial charge in [-0.2, -0.15) is 0 Å². The van der Waals surface area contributed by atoms with Gasteiger partial charge in [-0.15, -0.1) is 0 Å². The van der Waals surface area contributed by atoms with Crippen LogP contribution in [0.4, 0.5) is 5.69 Å². The summed E-state index contributed by atoms with van der Waals surface area (Å²) in [5, 5.41) is 12.3. The minimum Gasteiger partial charge on any atom is -0.386 e. The van der Waals surface area contributed by atoms with Crippen molar-refractivity contribution < 1.29 is 14.7 Å². The van der Waals surface area contributed by atoms with Gasteiger partial charge in [0, 0.05) is 18.8 Å². The Bertz CT molecular complexity index is 474. The number of carbonyl (C=O) groups is 2. The highest BCUT2D eigenvalue weighted by molar-refractivity contribution is 6.41. The van der Waals surface area contributed by atoms with E-state index in [9.17, 15) is 14.7 Å². The molecule has 0 aliphatic carbocycles. The van der Waals surface area contributed by atoms with Crippen LogP contribution in [-0.4, -0.2) is 30.0 Å². The summed E-state index contributed by atoms with van der Waals surface area (Å²) in [5.74, 6) is -1.12. The molecule has 1 aliphatic heterocycles. The van der Waals surface area contributed by atoms with Gasteiger partial charge in [-0.05, 0) is 31.5 Å². The normalized spacial score (nSPS) is 16.7. The number of amides is 2. The monoisotopic (exact) mass is 248 g/mol. The van der Waals surface area contributed by atoms with Crippen molar-refractivity contribution in [2.24, 2.45) is 0 Å². The summed E-state index contributed by atoms with van der Waals surface area (Å²) in [6.45, 7) is 4.31. The molecule has 1 heterocycles. The molecule has 2 N–H and O–H groups in total. The average molecular weight is 248 g/mol. The van der Waals surface area contributed by atoms with E-state index >= 15 is 0 Å². The predicted octanol–water partition coefficient (Wildman–Crippen LogP) is 0.377. The Morgan fingerprint density at radius 2 is 1.83 bits per heavy atom. The van der Waals surface area contributed by atoms with Crippen molar-refractivity contribution in [3.8, 4) is 0 Å². The smallest absolute Gasteiger partial charge is 0.316 e. The lowest BCUT2D eigenvalue weighted by atomic mass is 9.98. The molecule has 1 saturated heterocycles. The topological polar surface area (TPSA) is 69.6 Å². The average Bonchev–Trinajstić information content (AvgIpc) is 2.32. The molecule has 2 rings (SSSR count). The first-order chi connectivity index (χ1) is 8.39. The molecule has 1 aliphatic rings. The van der Waals surface area contributed by atoms with E-state index in [2.05, 4.69) is 5.32 Å². The van der Waals surface area contributed by atoms with Gasteiger partial charge in [-0.25, -0.2) is 0 Å². The van der Waals surface area contributed by atoms with Crippen molar-refractivity contribution in [3.05, 3.63) is 29.8 Å². The highest BCUT2D eigenvalue weighted by Gasteiger charge is 2.27. The van der Waals surface area contributed by atoms with Crippen LogP contribution in [0.1, 0.15) is 19.4 Å². The lowest BCUT2D eigenvalue weighted by Crippen LogP contribution is -2.52. The van der Waals surface area contributed by atoms with E-state index in [-0.39, 0.29) is 0 Å². The standard InChI is InChI=1S/C13H16N2O3/c1-13(2,18)9-3-5-10(6-4-9)15-8-7-14-11(16)12(15)17/h3-6,18H,7-8H2,1-2H3,(H,14,16). The van der Waals surface area contributed by atoms with Gasteiger partial charge in [-0.3, -0.25) is 9.59 Å². The SMILES string of the molecule is CC(C)(O)c1ccc(N2CCNC(=O)C2=O)cc1. The number of rotatable bonds is 2. The van der Waals surface area contributed by atoms with E-state index in [0.717, 1.165) is 5.56 Å². The number of carbonyl (C=O) groups excluding carboxylic acids is 2. The highest BCUT2D eigenvalue weighted by Crippen LogP contribution is 2.23. The Labute approximate surface area is 105 Å². The Kier molecular flexibility index (Phi) is 3.09. The van der Waals surface area contributed by atoms with E-state index in [1.165, 1.54) is 4.90 Å². The van der Waals surface area contributed by atoms with E-state index < -0.39 is 17.4 Å². The zero-order chi connectivity index (χ0) is 13.3. The van der Waals surface area contributed by atoms with Crippen LogP contribution in [0.3, 0.4) is 0 Å². The Morgan fingerprint density at radius 1 is 1.22 bits per heavy atom. The van der Waals surface area contributed by atoms with Gasteiger partial charge in [0.15, 0.2) is 0 Å². The van der Waals surface area contributed by atoms with Crippen molar-refractivity contribution >= 4 is 17.5 Å². The fourth-order valence-corrected chi connectivity index (χ4v) is 1.88. The maximum absolute atomic E-state index is 11.7. The Morgan fingerprint density at radius 3 is 2.39 bits per heavy atom. The molecular weight excluding hydrogens is 232 g/mol. The first kappa shape index (κ1) is 12.6. The second-order valence-corrected chi connectivity index (χ2v) is 4.82. The minimum atomic E-state index is -0.915. The summed E-state index contributed by atoms with van der Waals surface area (Å²) in [4.78, 5) is 24.4. The number of hydrogen-bond acceptors (Lipinski definition) is 3. The van der Waals surface area contributed by atoms with Gasteiger partial charge < -0.3 is 15.3 Å². The molecule has 1 fully saturated rings.